The molecule has 1 aliphatic rings. The van der Waals surface area contributed by atoms with Crippen LogP contribution in [0.5, 0.6) is 0 Å². The number of hydrogen-bond donors (Lipinski definition) is 0. The highest BCUT2D eigenvalue weighted by atomic mass is 79.9. The predicted octanol–water partition coefficient (Wildman–Crippen LogP) is 3.31. The molecular formula is C15H13BrN2O. The lowest BCUT2D eigenvalue weighted by Gasteiger charge is -2.17. The van der Waals surface area contributed by atoms with Crippen molar-refractivity contribution in [2.24, 2.45) is 0 Å². The highest BCUT2D eigenvalue weighted by Crippen LogP contribution is 2.24. The molecule has 1 aromatic heterocycles. The third-order valence-electron chi connectivity index (χ3n) is 3.16. The van der Waals surface area contributed by atoms with E-state index < -0.39 is 6.50 Å². The van der Waals surface area contributed by atoms with Gasteiger partial charge in [0, 0.05) is 17.2 Å². The van der Waals surface area contributed by atoms with Crippen LogP contribution in [0.4, 0.5) is 0 Å². The number of aromatic nitrogens is 1. The molecule has 0 fully saturated rings. The largest absolute Gasteiger partial charge is 0.328 e. The molecule has 0 bridgehead atoms. The number of aryl methyl sites for hydroxylation is 1. The van der Waals surface area contributed by atoms with Gasteiger partial charge < -0.3 is 4.90 Å². The molecule has 0 N–H and O–H groups in total. The number of pyridine rings is 1. The number of carbonyl (C=O) groups excluding carboxylic acids is 1. The molecule has 96 valence electrons. The van der Waals surface area contributed by atoms with Gasteiger partial charge in [0.05, 0.1) is 20.5 Å². The van der Waals surface area contributed by atoms with Gasteiger partial charge in [0.1, 0.15) is 0 Å². The first-order valence-corrected chi connectivity index (χ1v) is 6.73. The smallest absolute Gasteiger partial charge is 0.256 e. The molecule has 4 heteroatoms. The number of halogens is 1. The summed E-state index contributed by atoms with van der Waals surface area (Å²) in [7, 11) is 0. The number of fused-ring (bicyclic) bond motifs is 1. The summed E-state index contributed by atoms with van der Waals surface area (Å²) in [6.45, 7) is 0.288. The van der Waals surface area contributed by atoms with E-state index in [4.69, 9.17) is 2.74 Å². The Morgan fingerprint density at radius 3 is 3.05 bits per heavy atom. The minimum Gasteiger partial charge on any atom is -0.328 e. The van der Waals surface area contributed by atoms with Gasteiger partial charge in [-0.05, 0) is 42.3 Å². The molecule has 3 nitrogen and oxygen atoms in total. The maximum atomic E-state index is 12.4. The van der Waals surface area contributed by atoms with Gasteiger partial charge in [0.15, 0.2) is 0 Å². The van der Waals surface area contributed by atoms with Crippen LogP contribution in [0.25, 0.3) is 0 Å². The molecule has 0 spiro atoms. The van der Waals surface area contributed by atoms with Crippen LogP contribution in [0.2, 0.25) is 0 Å². The zero-order chi connectivity index (χ0) is 15.2. The molecule has 0 radical (unpaired) electrons. The quantitative estimate of drug-likeness (QED) is 0.851. The third kappa shape index (κ3) is 2.28. The van der Waals surface area contributed by atoms with Crippen LogP contribution < -0.4 is 0 Å². The monoisotopic (exact) mass is 318 g/mol. The number of amides is 1. The summed E-state index contributed by atoms with van der Waals surface area (Å²) in [6, 6.07) is 9.03. The Bertz CT molecular complexity index is 733. The third-order valence-corrected chi connectivity index (χ3v) is 3.65. The molecule has 19 heavy (non-hydrogen) atoms. The fraction of sp³-hybridized carbons (Fsp3) is 0.200. The van der Waals surface area contributed by atoms with Crippen LogP contribution in [-0.4, -0.2) is 15.8 Å². The molecule has 0 saturated carbocycles. The van der Waals surface area contributed by atoms with Crippen molar-refractivity contribution in [2.45, 2.75) is 20.0 Å². The Morgan fingerprint density at radius 2 is 2.32 bits per heavy atom. The molecule has 2 aromatic rings. The summed E-state index contributed by atoms with van der Waals surface area (Å²) in [6.07, 6.45) is 1.51. The van der Waals surface area contributed by atoms with Gasteiger partial charge >= 0.3 is 0 Å². The summed E-state index contributed by atoms with van der Waals surface area (Å²) in [5.41, 5.74) is 2.47. The zero-order valence-electron chi connectivity index (χ0n) is 12.4. The standard InChI is InChI=1S/C15H13BrN2O/c1-10-7-12(16)5-4-11(10)8-18-9-14-13(15(18)19)3-2-6-17-14/h2-7H,8-9H2,1H3/i9D2. The number of benzene rings is 1. The van der Waals surface area contributed by atoms with E-state index in [2.05, 4.69) is 20.9 Å². The van der Waals surface area contributed by atoms with Crippen molar-refractivity contribution >= 4 is 21.8 Å². The van der Waals surface area contributed by atoms with Crippen LogP contribution in [0.1, 0.15) is 29.9 Å². The normalized spacial score (nSPS) is 18.0. The Balaban J connectivity index is 1.99. The maximum Gasteiger partial charge on any atom is 0.256 e. The Kier molecular flexibility index (Phi) is 2.55. The van der Waals surface area contributed by atoms with Crippen LogP contribution >= 0.6 is 15.9 Å². The van der Waals surface area contributed by atoms with Crippen molar-refractivity contribution in [1.82, 2.24) is 9.88 Å². The second-order valence-electron chi connectivity index (χ2n) is 4.47. The average Bonchev–Trinajstić information content (AvgIpc) is 2.63. The van der Waals surface area contributed by atoms with Crippen molar-refractivity contribution in [3.05, 3.63) is 63.4 Å². The number of rotatable bonds is 2. The SMILES string of the molecule is [2H]C1([2H])c2ncccc2C(=O)N1Cc1ccc(Br)cc1C. The molecule has 2 heterocycles. The summed E-state index contributed by atoms with van der Waals surface area (Å²) < 4.78 is 17.4. The van der Waals surface area contributed by atoms with E-state index in [1.807, 2.05) is 25.1 Å². The van der Waals surface area contributed by atoms with Gasteiger partial charge in [-0.25, -0.2) is 0 Å². The lowest BCUT2D eigenvalue weighted by molar-refractivity contribution is 0.0766. The lowest BCUT2D eigenvalue weighted by Crippen LogP contribution is -2.23. The van der Waals surface area contributed by atoms with Gasteiger partial charge in [0.25, 0.3) is 5.91 Å². The summed E-state index contributed by atoms with van der Waals surface area (Å²) in [5.74, 6) is -0.314. The predicted molar refractivity (Wildman–Crippen MR) is 76.7 cm³/mol. The molecule has 0 atom stereocenters. The molecule has 0 unspecified atom stereocenters. The minimum atomic E-state index is -1.88. The molecule has 3 rings (SSSR count). The van der Waals surface area contributed by atoms with Crippen molar-refractivity contribution in [3.8, 4) is 0 Å². The van der Waals surface area contributed by atoms with E-state index in [1.165, 1.54) is 11.1 Å². The van der Waals surface area contributed by atoms with Gasteiger partial charge in [-0.15, -0.1) is 0 Å². The first-order chi connectivity index (χ1) is 9.91. The molecule has 1 aliphatic heterocycles. The van der Waals surface area contributed by atoms with Crippen LogP contribution in [0.3, 0.4) is 0 Å². The van der Waals surface area contributed by atoms with Crippen molar-refractivity contribution in [1.29, 1.82) is 0 Å². The Morgan fingerprint density at radius 1 is 1.47 bits per heavy atom. The average molecular weight is 319 g/mol. The summed E-state index contributed by atoms with van der Waals surface area (Å²) in [5, 5.41) is 0. The molecule has 0 saturated heterocycles. The number of carbonyl (C=O) groups is 1. The van der Waals surface area contributed by atoms with Crippen LogP contribution in [0.15, 0.2) is 41.0 Å². The van der Waals surface area contributed by atoms with E-state index in [-0.39, 0.29) is 18.1 Å². The first kappa shape index (κ1) is 10.1. The van der Waals surface area contributed by atoms with E-state index >= 15 is 0 Å². The Hall–Kier alpha value is -1.68. The van der Waals surface area contributed by atoms with Gasteiger partial charge in [-0.3, -0.25) is 9.78 Å². The van der Waals surface area contributed by atoms with E-state index in [1.54, 1.807) is 12.1 Å². The van der Waals surface area contributed by atoms with Gasteiger partial charge in [-0.2, -0.15) is 0 Å². The lowest BCUT2D eigenvalue weighted by atomic mass is 10.1. The highest BCUT2D eigenvalue weighted by molar-refractivity contribution is 9.10. The second-order valence-corrected chi connectivity index (χ2v) is 5.39. The Labute approximate surface area is 123 Å². The van der Waals surface area contributed by atoms with Crippen molar-refractivity contribution in [2.75, 3.05) is 0 Å². The molecule has 1 amide bonds. The molecule has 0 aliphatic carbocycles. The molecular weight excluding hydrogens is 304 g/mol. The topological polar surface area (TPSA) is 33.2 Å². The summed E-state index contributed by atoms with van der Waals surface area (Å²) >= 11 is 3.40. The minimum absolute atomic E-state index is 0.199. The van der Waals surface area contributed by atoms with Crippen molar-refractivity contribution < 1.29 is 7.54 Å². The van der Waals surface area contributed by atoms with Crippen molar-refractivity contribution in [3.63, 3.8) is 0 Å². The van der Waals surface area contributed by atoms with E-state index in [0.717, 1.165) is 15.6 Å². The fourth-order valence-corrected chi connectivity index (χ4v) is 2.58. The second kappa shape index (κ2) is 4.78. The first-order valence-electron chi connectivity index (χ1n) is 6.94. The molecule has 1 aromatic carbocycles. The number of hydrogen-bond acceptors (Lipinski definition) is 2. The van der Waals surface area contributed by atoms with Gasteiger partial charge in [-0.1, -0.05) is 22.0 Å². The van der Waals surface area contributed by atoms with E-state index in [9.17, 15) is 4.79 Å². The zero-order valence-corrected chi connectivity index (χ0v) is 11.9. The maximum absolute atomic E-state index is 12.4. The highest BCUT2D eigenvalue weighted by Gasteiger charge is 2.28. The summed E-state index contributed by atoms with van der Waals surface area (Å²) in [4.78, 5) is 17.7. The van der Waals surface area contributed by atoms with Crippen LogP contribution in [0, 0.1) is 6.92 Å². The number of nitrogens with zero attached hydrogens (tertiary/aromatic N) is 2. The van der Waals surface area contributed by atoms with Gasteiger partial charge in [0.2, 0.25) is 0 Å². The van der Waals surface area contributed by atoms with Crippen LogP contribution in [-0.2, 0) is 13.0 Å². The fourth-order valence-electron chi connectivity index (χ4n) is 2.11. The van der Waals surface area contributed by atoms with E-state index in [0.29, 0.717) is 5.56 Å².